The fourth-order valence-corrected chi connectivity index (χ4v) is 4.66. The van der Waals surface area contributed by atoms with E-state index in [2.05, 4.69) is 33.1 Å². The number of hydrogen-bond acceptors (Lipinski definition) is 4. The lowest BCUT2D eigenvalue weighted by Gasteiger charge is -2.23. The summed E-state index contributed by atoms with van der Waals surface area (Å²) < 4.78 is 0. The van der Waals surface area contributed by atoms with Crippen LogP contribution in [0.4, 0.5) is 0 Å². The molecule has 1 amide bonds. The topological polar surface area (TPSA) is 32.3 Å². The van der Waals surface area contributed by atoms with Gasteiger partial charge in [0.25, 0.3) is 5.91 Å². The highest BCUT2D eigenvalue weighted by molar-refractivity contribution is 7.14. The van der Waals surface area contributed by atoms with E-state index in [-0.39, 0.29) is 11.9 Å². The largest absolute Gasteiger partial charge is 0.349 e. The van der Waals surface area contributed by atoms with Crippen LogP contribution in [-0.2, 0) is 12.8 Å². The molecule has 5 heteroatoms. The molecule has 0 unspecified atom stereocenters. The molecule has 0 spiro atoms. The summed E-state index contributed by atoms with van der Waals surface area (Å²) in [6.45, 7) is 0.644. The molecule has 3 nitrogen and oxygen atoms in total. The monoisotopic (exact) mass is 320 g/mol. The molecule has 3 rings (SSSR count). The second kappa shape index (κ2) is 6.30. The van der Waals surface area contributed by atoms with Crippen LogP contribution in [0.5, 0.6) is 0 Å². The van der Waals surface area contributed by atoms with Gasteiger partial charge in [-0.3, -0.25) is 4.79 Å². The Kier molecular flexibility index (Phi) is 4.42. The standard InChI is InChI=1S/C16H20N2OS2/c1-18(2)13(12-6-7-20-10-12)9-17-16(19)15-8-11-4-3-5-14(11)21-15/h6-8,10,13H,3-5,9H2,1-2H3,(H,17,19)/t13-/m1/s1. The zero-order valence-electron chi connectivity index (χ0n) is 12.4. The molecule has 0 bridgehead atoms. The Morgan fingerprint density at radius 3 is 2.95 bits per heavy atom. The summed E-state index contributed by atoms with van der Waals surface area (Å²) in [6.07, 6.45) is 3.51. The Morgan fingerprint density at radius 1 is 1.43 bits per heavy atom. The van der Waals surface area contributed by atoms with Crippen LogP contribution in [0.3, 0.4) is 0 Å². The summed E-state index contributed by atoms with van der Waals surface area (Å²) >= 11 is 3.36. The summed E-state index contributed by atoms with van der Waals surface area (Å²) in [4.78, 5) is 16.7. The minimum atomic E-state index is 0.0662. The molecule has 0 aliphatic heterocycles. The quantitative estimate of drug-likeness (QED) is 0.916. The van der Waals surface area contributed by atoms with Gasteiger partial charge >= 0.3 is 0 Å². The van der Waals surface area contributed by atoms with E-state index in [1.165, 1.54) is 22.4 Å². The minimum Gasteiger partial charge on any atom is -0.349 e. The van der Waals surface area contributed by atoms with Gasteiger partial charge in [-0.15, -0.1) is 11.3 Å². The van der Waals surface area contributed by atoms with Gasteiger partial charge in [-0.25, -0.2) is 0 Å². The molecule has 1 N–H and O–H groups in total. The second-order valence-corrected chi connectivity index (χ2v) is 7.58. The van der Waals surface area contributed by atoms with Crippen molar-refractivity contribution in [3.8, 4) is 0 Å². The van der Waals surface area contributed by atoms with Gasteiger partial charge in [0.2, 0.25) is 0 Å². The molecule has 112 valence electrons. The van der Waals surface area contributed by atoms with Crippen molar-refractivity contribution in [3.05, 3.63) is 43.8 Å². The minimum absolute atomic E-state index is 0.0662. The number of aryl methyl sites for hydroxylation is 2. The van der Waals surface area contributed by atoms with Gasteiger partial charge in [0, 0.05) is 11.4 Å². The summed E-state index contributed by atoms with van der Waals surface area (Å²) in [5, 5.41) is 7.32. The van der Waals surface area contributed by atoms with Crippen molar-refractivity contribution in [1.82, 2.24) is 10.2 Å². The maximum Gasteiger partial charge on any atom is 0.261 e. The molecule has 0 saturated carbocycles. The fourth-order valence-electron chi connectivity index (χ4n) is 2.78. The number of thiophene rings is 2. The average molecular weight is 320 g/mol. The highest BCUT2D eigenvalue weighted by Gasteiger charge is 2.20. The van der Waals surface area contributed by atoms with E-state index in [0.717, 1.165) is 17.7 Å². The van der Waals surface area contributed by atoms with Crippen LogP contribution in [-0.4, -0.2) is 31.4 Å². The Balaban J connectivity index is 1.64. The smallest absolute Gasteiger partial charge is 0.261 e. The van der Waals surface area contributed by atoms with E-state index in [4.69, 9.17) is 0 Å². The van der Waals surface area contributed by atoms with Crippen molar-refractivity contribution in [2.75, 3.05) is 20.6 Å². The van der Waals surface area contributed by atoms with E-state index in [9.17, 15) is 4.79 Å². The van der Waals surface area contributed by atoms with Gasteiger partial charge in [0.05, 0.1) is 10.9 Å². The second-order valence-electron chi connectivity index (χ2n) is 5.66. The van der Waals surface area contributed by atoms with Gasteiger partial charge < -0.3 is 10.2 Å². The predicted molar refractivity (Wildman–Crippen MR) is 89.4 cm³/mol. The third kappa shape index (κ3) is 3.20. The Hall–Kier alpha value is -1.17. The highest BCUT2D eigenvalue weighted by atomic mass is 32.1. The normalized spacial score (nSPS) is 15.2. The van der Waals surface area contributed by atoms with E-state index >= 15 is 0 Å². The molecule has 1 atom stereocenters. The van der Waals surface area contributed by atoms with Crippen molar-refractivity contribution in [1.29, 1.82) is 0 Å². The van der Waals surface area contributed by atoms with Crippen molar-refractivity contribution in [3.63, 3.8) is 0 Å². The number of amides is 1. The number of nitrogens with one attached hydrogen (secondary N) is 1. The first-order valence-electron chi connectivity index (χ1n) is 7.23. The first-order valence-corrected chi connectivity index (χ1v) is 8.99. The number of likely N-dealkylation sites (N-methyl/N-ethyl adjacent to an activating group) is 1. The molecule has 2 aromatic rings. The zero-order valence-corrected chi connectivity index (χ0v) is 14.0. The summed E-state index contributed by atoms with van der Waals surface area (Å²) in [5.41, 5.74) is 2.64. The van der Waals surface area contributed by atoms with E-state index in [1.807, 2.05) is 14.1 Å². The first kappa shape index (κ1) is 14.8. The van der Waals surface area contributed by atoms with Crippen molar-refractivity contribution in [2.45, 2.75) is 25.3 Å². The number of fused-ring (bicyclic) bond motifs is 1. The Morgan fingerprint density at radius 2 is 2.29 bits per heavy atom. The summed E-state index contributed by atoms with van der Waals surface area (Å²) in [5.74, 6) is 0.0662. The zero-order chi connectivity index (χ0) is 14.8. The summed E-state index contributed by atoms with van der Waals surface area (Å²) in [7, 11) is 4.10. The summed E-state index contributed by atoms with van der Waals surface area (Å²) in [6, 6.07) is 4.44. The lowest BCUT2D eigenvalue weighted by Crippen LogP contribution is -2.34. The molecule has 2 aromatic heterocycles. The van der Waals surface area contributed by atoms with Crippen molar-refractivity contribution in [2.24, 2.45) is 0 Å². The van der Waals surface area contributed by atoms with Crippen LogP contribution in [0, 0.1) is 0 Å². The Labute approximate surface area is 133 Å². The lowest BCUT2D eigenvalue weighted by atomic mass is 10.1. The molecule has 0 fully saturated rings. The molecular formula is C16H20N2OS2. The van der Waals surface area contributed by atoms with Gasteiger partial charge in [-0.2, -0.15) is 11.3 Å². The lowest BCUT2D eigenvalue weighted by molar-refractivity contribution is 0.0946. The van der Waals surface area contributed by atoms with E-state index < -0.39 is 0 Å². The number of carbonyl (C=O) groups is 1. The van der Waals surface area contributed by atoms with Crippen molar-refractivity contribution >= 4 is 28.6 Å². The molecule has 2 heterocycles. The molecule has 1 aliphatic rings. The molecule has 21 heavy (non-hydrogen) atoms. The van der Waals surface area contributed by atoms with Crippen molar-refractivity contribution < 1.29 is 4.79 Å². The van der Waals surface area contributed by atoms with Crippen LogP contribution >= 0.6 is 22.7 Å². The van der Waals surface area contributed by atoms with Crippen LogP contribution < -0.4 is 5.32 Å². The van der Waals surface area contributed by atoms with Crippen LogP contribution in [0.25, 0.3) is 0 Å². The maximum atomic E-state index is 12.3. The van der Waals surface area contributed by atoms with E-state index in [1.54, 1.807) is 22.7 Å². The number of nitrogens with zero attached hydrogens (tertiary/aromatic N) is 1. The highest BCUT2D eigenvalue weighted by Crippen LogP contribution is 2.30. The van der Waals surface area contributed by atoms with Crippen LogP contribution in [0.1, 0.15) is 38.1 Å². The van der Waals surface area contributed by atoms with Gasteiger partial charge in [0.15, 0.2) is 0 Å². The number of hydrogen-bond donors (Lipinski definition) is 1. The third-order valence-corrected chi connectivity index (χ3v) is 5.91. The molecular weight excluding hydrogens is 300 g/mol. The molecule has 0 saturated heterocycles. The van der Waals surface area contributed by atoms with Crippen LogP contribution in [0.15, 0.2) is 22.9 Å². The third-order valence-electron chi connectivity index (χ3n) is 3.98. The number of rotatable bonds is 5. The predicted octanol–water partition coefficient (Wildman–Crippen LogP) is 3.33. The molecule has 0 radical (unpaired) electrons. The van der Waals surface area contributed by atoms with Gasteiger partial charge in [-0.05, 0) is 67.4 Å². The fraction of sp³-hybridized carbons (Fsp3) is 0.438. The van der Waals surface area contributed by atoms with Gasteiger partial charge in [0.1, 0.15) is 0 Å². The SMILES string of the molecule is CN(C)[C@H](CNC(=O)c1cc2c(s1)CCC2)c1ccsc1. The average Bonchev–Trinajstić information content (AvgIpc) is 3.14. The number of carbonyl (C=O) groups excluding carboxylic acids is 1. The van der Waals surface area contributed by atoms with Gasteiger partial charge in [-0.1, -0.05) is 0 Å². The molecule has 0 aromatic carbocycles. The Bertz CT molecular complexity index is 595. The maximum absolute atomic E-state index is 12.3. The molecule has 1 aliphatic carbocycles. The van der Waals surface area contributed by atoms with Crippen LogP contribution in [0.2, 0.25) is 0 Å². The van der Waals surface area contributed by atoms with E-state index in [0.29, 0.717) is 6.54 Å². The first-order chi connectivity index (χ1) is 10.1.